The van der Waals surface area contributed by atoms with Crippen molar-refractivity contribution in [3.8, 4) is 0 Å². The molecule has 0 saturated heterocycles. The molecule has 20 heavy (non-hydrogen) atoms. The molecular formula is C14H12N2O3S. The van der Waals surface area contributed by atoms with Gasteiger partial charge in [0.1, 0.15) is 0 Å². The van der Waals surface area contributed by atoms with Gasteiger partial charge in [0.05, 0.1) is 10.6 Å². The number of carbonyl (C=O) groups is 2. The van der Waals surface area contributed by atoms with Gasteiger partial charge in [-0.2, -0.15) is 0 Å². The van der Waals surface area contributed by atoms with Crippen molar-refractivity contribution in [1.29, 1.82) is 0 Å². The van der Waals surface area contributed by atoms with E-state index in [4.69, 9.17) is 5.11 Å². The van der Waals surface area contributed by atoms with E-state index in [9.17, 15) is 9.59 Å². The monoisotopic (exact) mass is 288 g/mol. The summed E-state index contributed by atoms with van der Waals surface area (Å²) in [5, 5.41) is 12.4. The third-order valence-corrected chi connectivity index (χ3v) is 3.29. The molecule has 5 nitrogen and oxygen atoms in total. The van der Waals surface area contributed by atoms with Crippen LogP contribution in [0, 0.1) is 6.92 Å². The van der Waals surface area contributed by atoms with Crippen LogP contribution in [-0.2, 0) is 4.79 Å². The smallest absolute Gasteiger partial charge is 0.335 e. The zero-order valence-electron chi connectivity index (χ0n) is 10.7. The number of aromatic nitrogens is 1. The summed E-state index contributed by atoms with van der Waals surface area (Å²) in [5.74, 6) is -1.35. The molecule has 1 heterocycles. The van der Waals surface area contributed by atoms with Crippen LogP contribution in [-0.4, -0.2) is 22.0 Å². The van der Waals surface area contributed by atoms with E-state index in [1.807, 2.05) is 6.92 Å². The Balaban J connectivity index is 2.02. The highest BCUT2D eigenvalue weighted by Gasteiger charge is 2.04. The first-order valence-corrected chi connectivity index (χ1v) is 6.61. The highest BCUT2D eigenvalue weighted by atomic mass is 32.1. The van der Waals surface area contributed by atoms with Crippen LogP contribution in [0.1, 0.15) is 20.2 Å². The molecule has 2 aromatic rings. The standard InChI is InChI=1S/C14H12N2O3S/c1-9-15-8-12(20-9)5-6-13(17)16-11-4-2-3-10(7-11)14(18)19/h2-8H,1H3,(H,16,17)(H,18,19)/b6-5+. The van der Waals surface area contributed by atoms with Crippen molar-refractivity contribution < 1.29 is 14.7 Å². The number of nitrogens with one attached hydrogen (secondary N) is 1. The van der Waals surface area contributed by atoms with E-state index in [1.54, 1.807) is 24.4 Å². The molecule has 1 amide bonds. The molecule has 0 radical (unpaired) electrons. The van der Waals surface area contributed by atoms with Gasteiger partial charge in [-0.25, -0.2) is 9.78 Å². The third-order valence-electron chi connectivity index (χ3n) is 2.42. The molecule has 0 bridgehead atoms. The number of thiazole rings is 1. The summed E-state index contributed by atoms with van der Waals surface area (Å²) in [5.41, 5.74) is 0.574. The van der Waals surface area contributed by atoms with Crippen molar-refractivity contribution in [2.75, 3.05) is 5.32 Å². The Kier molecular flexibility index (Phi) is 4.27. The van der Waals surface area contributed by atoms with Crippen molar-refractivity contribution in [2.24, 2.45) is 0 Å². The molecule has 6 heteroatoms. The third kappa shape index (κ3) is 3.76. The summed E-state index contributed by atoms with van der Waals surface area (Å²) in [4.78, 5) is 27.5. The second-order valence-corrected chi connectivity index (χ2v) is 5.26. The molecule has 2 N–H and O–H groups in total. The lowest BCUT2D eigenvalue weighted by Crippen LogP contribution is -2.08. The maximum absolute atomic E-state index is 11.7. The molecule has 0 saturated carbocycles. The maximum Gasteiger partial charge on any atom is 0.335 e. The highest BCUT2D eigenvalue weighted by molar-refractivity contribution is 7.12. The second-order valence-electron chi connectivity index (χ2n) is 3.99. The summed E-state index contributed by atoms with van der Waals surface area (Å²) in [7, 11) is 0. The van der Waals surface area contributed by atoms with Crippen LogP contribution < -0.4 is 5.32 Å². The average molecular weight is 288 g/mol. The minimum Gasteiger partial charge on any atom is -0.478 e. The van der Waals surface area contributed by atoms with Gasteiger partial charge in [-0.1, -0.05) is 6.07 Å². The van der Waals surface area contributed by atoms with Gasteiger partial charge < -0.3 is 10.4 Å². The molecule has 0 aliphatic heterocycles. The summed E-state index contributed by atoms with van der Waals surface area (Å²) in [6.07, 6.45) is 4.75. The Labute approximate surface area is 119 Å². The number of hydrogen-bond donors (Lipinski definition) is 2. The Hall–Kier alpha value is -2.47. The summed E-state index contributed by atoms with van der Waals surface area (Å²) < 4.78 is 0. The van der Waals surface area contributed by atoms with Crippen LogP contribution >= 0.6 is 11.3 Å². The van der Waals surface area contributed by atoms with Gasteiger partial charge in [-0.3, -0.25) is 4.79 Å². The lowest BCUT2D eigenvalue weighted by atomic mass is 10.2. The zero-order valence-corrected chi connectivity index (χ0v) is 11.5. The number of hydrogen-bond acceptors (Lipinski definition) is 4. The zero-order chi connectivity index (χ0) is 14.5. The average Bonchev–Trinajstić information content (AvgIpc) is 2.82. The number of aryl methyl sites for hydroxylation is 1. The topological polar surface area (TPSA) is 79.3 Å². The first-order chi connectivity index (χ1) is 9.54. The lowest BCUT2D eigenvalue weighted by Gasteiger charge is -2.02. The fourth-order valence-electron chi connectivity index (χ4n) is 1.53. The van der Waals surface area contributed by atoms with E-state index < -0.39 is 5.97 Å². The van der Waals surface area contributed by atoms with Gasteiger partial charge >= 0.3 is 5.97 Å². The van der Waals surface area contributed by atoms with Crippen molar-refractivity contribution in [3.63, 3.8) is 0 Å². The number of carboxylic acid groups (broad SMARTS) is 1. The van der Waals surface area contributed by atoms with Gasteiger partial charge in [-0.15, -0.1) is 11.3 Å². The molecule has 0 atom stereocenters. The molecule has 0 aliphatic rings. The molecule has 0 aliphatic carbocycles. The predicted molar refractivity (Wildman–Crippen MR) is 77.9 cm³/mol. The fourth-order valence-corrected chi connectivity index (χ4v) is 2.21. The molecule has 1 aromatic heterocycles. The predicted octanol–water partition coefficient (Wildman–Crippen LogP) is 2.80. The lowest BCUT2D eigenvalue weighted by molar-refractivity contribution is -0.111. The molecule has 0 spiro atoms. The van der Waals surface area contributed by atoms with Crippen LogP contribution in [0.5, 0.6) is 0 Å². The minimum absolute atomic E-state index is 0.130. The van der Waals surface area contributed by atoms with Crippen LogP contribution in [0.2, 0.25) is 0 Å². The van der Waals surface area contributed by atoms with Crippen molar-refractivity contribution in [3.05, 3.63) is 52.0 Å². The van der Waals surface area contributed by atoms with Crippen molar-refractivity contribution in [1.82, 2.24) is 4.98 Å². The summed E-state index contributed by atoms with van der Waals surface area (Å²) in [6.45, 7) is 1.89. The Bertz CT molecular complexity index is 677. The number of rotatable bonds is 4. The number of anilines is 1. The normalized spacial score (nSPS) is 10.7. The number of aromatic carboxylic acids is 1. The van der Waals surface area contributed by atoms with E-state index in [0.29, 0.717) is 5.69 Å². The second kappa shape index (κ2) is 6.12. The van der Waals surface area contributed by atoms with Gasteiger partial charge in [0.15, 0.2) is 0 Å². The first-order valence-electron chi connectivity index (χ1n) is 5.79. The summed E-state index contributed by atoms with van der Waals surface area (Å²) >= 11 is 1.49. The largest absolute Gasteiger partial charge is 0.478 e. The molecular weight excluding hydrogens is 276 g/mol. The molecule has 0 fully saturated rings. The van der Waals surface area contributed by atoms with Gasteiger partial charge in [0.2, 0.25) is 5.91 Å². The van der Waals surface area contributed by atoms with Crippen molar-refractivity contribution >= 4 is 35.0 Å². The van der Waals surface area contributed by atoms with E-state index >= 15 is 0 Å². The number of amides is 1. The Morgan fingerprint density at radius 2 is 2.20 bits per heavy atom. The van der Waals surface area contributed by atoms with Gasteiger partial charge in [0.25, 0.3) is 0 Å². The molecule has 0 unspecified atom stereocenters. The van der Waals surface area contributed by atoms with Crippen LogP contribution in [0.3, 0.4) is 0 Å². The molecule has 2 rings (SSSR count). The van der Waals surface area contributed by atoms with Gasteiger partial charge in [0, 0.05) is 22.8 Å². The number of benzene rings is 1. The Morgan fingerprint density at radius 1 is 1.40 bits per heavy atom. The van der Waals surface area contributed by atoms with E-state index in [2.05, 4.69) is 10.3 Å². The fraction of sp³-hybridized carbons (Fsp3) is 0.0714. The maximum atomic E-state index is 11.7. The van der Waals surface area contributed by atoms with E-state index in [0.717, 1.165) is 9.88 Å². The van der Waals surface area contributed by atoms with Crippen molar-refractivity contribution in [2.45, 2.75) is 6.92 Å². The van der Waals surface area contributed by atoms with E-state index in [1.165, 1.54) is 29.5 Å². The molecule has 1 aromatic carbocycles. The van der Waals surface area contributed by atoms with Crippen LogP contribution in [0.4, 0.5) is 5.69 Å². The highest BCUT2D eigenvalue weighted by Crippen LogP contribution is 2.14. The van der Waals surface area contributed by atoms with Crippen LogP contribution in [0.15, 0.2) is 36.5 Å². The summed E-state index contributed by atoms with van der Waals surface area (Å²) in [6, 6.07) is 6.09. The van der Waals surface area contributed by atoms with Gasteiger partial charge in [-0.05, 0) is 31.2 Å². The van der Waals surface area contributed by atoms with E-state index in [-0.39, 0.29) is 11.5 Å². The number of carboxylic acids is 1. The minimum atomic E-state index is -1.03. The number of nitrogens with zero attached hydrogens (tertiary/aromatic N) is 1. The Morgan fingerprint density at radius 3 is 2.85 bits per heavy atom. The first kappa shape index (κ1) is 14.0. The van der Waals surface area contributed by atoms with Crippen LogP contribution in [0.25, 0.3) is 6.08 Å². The quantitative estimate of drug-likeness (QED) is 0.848. The molecule has 102 valence electrons. The number of carbonyl (C=O) groups excluding carboxylic acids is 1. The SMILES string of the molecule is Cc1ncc(/C=C/C(=O)Nc2cccc(C(=O)O)c2)s1.